The molecule has 0 fully saturated rings. The molecule has 0 aromatic carbocycles. The van der Waals surface area contributed by atoms with Crippen molar-refractivity contribution in [3.63, 3.8) is 0 Å². The van der Waals surface area contributed by atoms with E-state index < -0.39 is 0 Å². The zero-order valence-corrected chi connectivity index (χ0v) is 6.13. The maximum atomic E-state index is 10.0. The summed E-state index contributed by atoms with van der Waals surface area (Å²) < 4.78 is -0.344. The molecule has 0 heterocycles. The van der Waals surface area contributed by atoms with E-state index in [9.17, 15) is 4.79 Å². The van der Waals surface area contributed by atoms with Crippen molar-refractivity contribution in [3.05, 3.63) is 12.2 Å². The highest BCUT2D eigenvalue weighted by atomic mass is 35.5. The number of thioether (sulfide) groups is 1. The summed E-state index contributed by atoms with van der Waals surface area (Å²) >= 11 is 6.10. The molecule has 0 aromatic rings. The lowest BCUT2D eigenvalue weighted by Crippen LogP contribution is -1.73. The van der Waals surface area contributed by atoms with E-state index in [1.165, 1.54) is 0 Å². The SMILES string of the molecule is C/C=C/CSC(=O)Cl. The highest BCUT2D eigenvalue weighted by Crippen LogP contribution is 2.06. The zero-order valence-electron chi connectivity index (χ0n) is 4.56. The third kappa shape index (κ3) is 6.05. The molecular formula is C5H7ClOS. The predicted molar refractivity (Wildman–Crippen MR) is 38.5 cm³/mol. The van der Waals surface area contributed by atoms with Gasteiger partial charge in [0.15, 0.2) is 0 Å². The van der Waals surface area contributed by atoms with Crippen molar-refractivity contribution in [2.45, 2.75) is 6.92 Å². The van der Waals surface area contributed by atoms with Gasteiger partial charge in [0.2, 0.25) is 0 Å². The standard InChI is InChI=1S/C5H7ClOS/c1-2-3-4-8-5(6)7/h2-3H,4H2,1H3/b3-2+. The van der Waals surface area contributed by atoms with Crippen molar-refractivity contribution in [2.75, 3.05) is 5.75 Å². The lowest BCUT2D eigenvalue weighted by atomic mass is 10.6. The Morgan fingerprint density at radius 2 is 2.50 bits per heavy atom. The number of allylic oxidation sites excluding steroid dienone is 1. The van der Waals surface area contributed by atoms with Crippen LogP contribution < -0.4 is 0 Å². The summed E-state index contributed by atoms with van der Waals surface area (Å²) in [5, 5.41) is 0. The van der Waals surface area contributed by atoms with Crippen LogP contribution in [-0.2, 0) is 0 Å². The summed E-state index contributed by atoms with van der Waals surface area (Å²) in [4.78, 5) is 10.0. The number of rotatable bonds is 2. The zero-order chi connectivity index (χ0) is 6.41. The normalized spacial score (nSPS) is 10.2. The monoisotopic (exact) mass is 150 g/mol. The van der Waals surface area contributed by atoms with Crippen LogP contribution in [0.4, 0.5) is 4.79 Å². The van der Waals surface area contributed by atoms with Crippen molar-refractivity contribution in [2.24, 2.45) is 0 Å². The van der Waals surface area contributed by atoms with Crippen LogP contribution >= 0.6 is 23.4 Å². The van der Waals surface area contributed by atoms with Crippen LogP contribution in [0.1, 0.15) is 6.92 Å². The first-order valence-electron chi connectivity index (χ1n) is 2.20. The molecule has 0 spiro atoms. The van der Waals surface area contributed by atoms with E-state index in [2.05, 4.69) is 0 Å². The van der Waals surface area contributed by atoms with E-state index in [0.29, 0.717) is 5.75 Å². The molecule has 0 aliphatic heterocycles. The first kappa shape index (κ1) is 8.05. The maximum absolute atomic E-state index is 10.0. The number of halogens is 1. The van der Waals surface area contributed by atoms with E-state index >= 15 is 0 Å². The third-order valence-electron chi connectivity index (χ3n) is 0.529. The molecule has 0 atom stereocenters. The molecule has 46 valence electrons. The molecule has 0 aliphatic rings. The minimum atomic E-state index is -0.344. The quantitative estimate of drug-likeness (QED) is 0.445. The summed E-state index contributed by atoms with van der Waals surface area (Å²) in [7, 11) is 0. The summed E-state index contributed by atoms with van der Waals surface area (Å²) in [6.45, 7) is 1.90. The first-order valence-corrected chi connectivity index (χ1v) is 3.57. The molecule has 0 amide bonds. The highest BCUT2D eigenvalue weighted by molar-refractivity contribution is 8.16. The Hall–Kier alpha value is 0.0500. The largest absolute Gasteiger partial charge is 0.279 e. The van der Waals surface area contributed by atoms with Crippen molar-refractivity contribution in [1.82, 2.24) is 0 Å². The summed E-state index contributed by atoms with van der Waals surface area (Å²) in [6.07, 6.45) is 3.76. The van der Waals surface area contributed by atoms with Crippen LogP contribution in [0.25, 0.3) is 0 Å². The smallest absolute Gasteiger partial charge is 0.268 e. The Balaban J connectivity index is 3.05. The van der Waals surface area contributed by atoms with Crippen LogP contribution in [-0.4, -0.2) is 10.3 Å². The Bertz CT molecular complexity index is 101. The molecule has 0 unspecified atom stereocenters. The average molecular weight is 151 g/mol. The number of hydrogen-bond acceptors (Lipinski definition) is 2. The molecule has 0 saturated carbocycles. The number of carbonyl (C=O) groups excluding carboxylic acids is 1. The fraction of sp³-hybridized carbons (Fsp3) is 0.400. The van der Waals surface area contributed by atoms with Gasteiger partial charge in [-0.2, -0.15) is 0 Å². The first-order chi connectivity index (χ1) is 3.77. The van der Waals surface area contributed by atoms with Crippen LogP contribution in [0, 0.1) is 0 Å². The number of hydrogen-bond donors (Lipinski definition) is 0. The second kappa shape index (κ2) is 5.19. The molecule has 0 saturated heterocycles. The van der Waals surface area contributed by atoms with Gasteiger partial charge in [-0.15, -0.1) is 0 Å². The van der Waals surface area contributed by atoms with Gasteiger partial charge in [0.1, 0.15) is 0 Å². The predicted octanol–water partition coefficient (Wildman–Crippen LogP) is 2.65. The molecule has 0 radical (unpaired) electrons. The fourth-order valence-electron chi connectivity index (χ4n) is 0.210. The van der Waals surface area contributed by atoms with Crippen LogP contribution in [0.15, 0.2) is 12.2 Å². The molecular weight excluding hydrogens is 144 g/mol. The lowest BCUT2D eigenvalue weighted by molar-refractivity contribution is 0.276. The van der Waals surface area contributed by atoms with Crippen LogP contribution in [0.3, 0.4) is 0 Å². The van der Waals surface area contributed by atoms with Gasteiger partial charge in [-0.05, 0) is 18.5 Å². The van der Waals surface area contributed by atoms with Gasteiger partial charge in [-0.1, -0.05) is 23.9 Å². The van der Waals surface area contributed by atoms with Crippen molar-refractivity contribution >= 4 is 27.9 Å². The third-order valence-corrected chi connectivity index (χ3v) is 1.44. The van der Waals surface area contributed by atoms with Gasteiger partial charge in [0.05, 0.1) is 0 Å². The topological polar surface area (TPSA) is 17.1 Å². The second-order valence-corrected chi connectivity index (χ2v) is 2.68. The Labute approximate surface area is 58.1 Å². The van der Waals surface area contributed by atoms with Crippen molar-refractivity contribution in [3.8, 4) is 0 Å². The fourth-order valence-corrected chi connectivity index (χ4v) is 0.819. The molecule has 0 bridgehead atoms. The highest BCUT2D eigenvalue weighted by Gasteiger charge is 1.89. The van der Waals surface area contributed by atoms with Crippen LogP contribution in [0.2, 0.25) is 0 Å². The van der Waals surface area contributed by atoms with E-state index in [1.807, 2.05) is 19.1 Å². The Kier molecular flexibility index (Phi) is 5.22. The van der Waals surface area contributed by atoms with Crippen LogP contribution in [0.5, 0.6) is 0 Å². The van der Waals surface area contributed by atoms with E-state index in [0.717, 1.165) is 11.8 Å². The van der Waals surface area contributed by atoms with Gasteiger partial charge < -0.3 is 0 Å². The van der Waals surface area contributed by atoms with Gasteiger partial charge in [-0.3, -0.25) is 4.79 Å². The van der Waals surface area contributed by atoms with Crippen molar-refractivity contribution in [1.29, 1.82) is 0 Å². The Morgan fingerprint density at radius 3 is 2.88 bits per heavy atom. The summed E-state index contributed by atoms with van der Waals surface area (Å²) in [5.74, 6) is 0.679. The van der Waals surface area contributed by atoms with Crippen molar-refractivity contribution < 1.29 is 4.79 Å². The van der Waals surface area contributed by atoms with Gasteiger partial charge in [-0.25, -0.2) is 0 Å². The maximum Gasteiger partial charge on any atom is 0.279 e. The molecule has 0 rings (SSSR count). The lowest BCUT2D eigenvalue weighted by Gasteiger charge is -1.82. The molecule has 0 N–H and O–H groups in total. The summed E-state index contributed by atoms with van der Waals surface area (Å²) in [6, 6.07) is 0. The van der Waals surface area contributed by atoms with E-state index in [-0.39, 0.29) is 4.57 Å². The second-order valence-electron chi connectivity index (χ2n) is 1.12. The van der Waals surface area contributed by atoms with Gasteiger partial charge in [0.25, 0.3) is 4.57 Å². The average Bonchev–Trinajstić information content (AvgIpc) is 1.66. The van der Waals surface area contributed by atoms with Gasteiger partial charge in [0, 0.05) is 5.75 Å². The number of carbonyl (C=O) groups is 1. The molecule has 8 heavy (non-hydrogen) atoms. The molecule has 3 heteroatoms. The minimum absolute atomic E-state index is 0.344. The van der Waals surface area contributed by atoms with Gasteiger partial charge >= 0.3 is 0 Å². The minimum Gasteiger partial charge on any atom is -0.268 e. The van der Waals surface area contributed by atoms with E-state index in [4.69, 9.17) is 11.6 Å². The molecule has 1 nitrogen and oxygen atoms in total. The Morgan fingerprint density at radius 1 is 1.88 bits per heavy atom. The molecule has 0 aliphatic carbocycles. The van der Waals surface area contributed by atoms with E-state index in [1.54, 1.807) is 0 Å². The summed E-state index contributed by atoms with van der Waals surface area (Å²) in [5.41, 5.74) is 0. The molecule has 0 aromatic heterocycles.